The van der Waals surface area contributed by atoms with Crippen LogP contribution < -0.4 is 15.4 Å². The molecule has 2 N–H and O–H groups in total. The Labute approximate surface area is 103 Å². The minimum absolute atomic E-state index is 0.671. The fourth-order valence-electron chi connectivity index (χ4n) is 2.11. The largest absolute Gasteiger partial charge is 0.492 e. The van der Waals surface area contributed by atoms with Crippen LogP contribution in [-0.2, 0) is 0 Å². The number of hydrogen-bond donors (Lipinski definition) is 1. The zero-order valence-corrected chi connectivity index (χ0v) is 10.6. The van der Waals surface area contributed by atoms with Gasteiger partial charge in [-0.15, -0.1) is 0 Å². The number of anilines is 2. The first kappa shape index (κ1) is 12.0. The highest BCUT2D eigenvalue weighted by Gasteiger charge is 2.17. The molecule has 94 valence electrons. The fourth-order valence-corrected chi connectivity index (χ4v) is 2.11. The molecule has 4 heteroatoms. The molecule has 1 heterocycles. The van der Waals surface area contributed by atoms with Crippen LogP contribution in [0.5, 0.6) is 5.75 Å². The average molecular weight is 235 g/mol. The summed E-state index contributed by atoms with van der Waals surface area (Å²) in [6.07, 6.45) is 0. The minimum Gasteiger partial charge on any atom is -0.492 e. The SMILES string of the molecule is CCOc1cc(N)ccc1N1CCN(C)CC1. The molecule has 0 atom stereocenters. The van der Waals surface area contributed by atoms with Crippen LogP contribution in [0.4, 0.5) is 11.4 Å². The number of rotatable bonds is 3. The molecule has 2 rings (SSSR count). The Morgan fingerprint density at radius 3 is 2.59 bits per heavy atom. The van der Waals surface area contributed by atoms with Crippen molar-refractivity contribution in [3.63, 3.8) is 0 Å². The summed E-state index contributed by atoms with van der Waals surface area (Å²) in [4.78, 5) is 4.71. The van der Waals surface area contributed by atoms with Gasteiger partial charge in [-0.25, -0.2) is 0 Å². The first-order chi connectivity index (χ1) is 8.20. The molecule has 0 amide bonds. The Morgan fingerprint density at radius 1 is 1.24 bits per heavy atom. The monoisotopic (exact) mass is 235 g/mol. The molecule has 1 aromatic rings. The molecule has 4 nitrogen and oxygen atoms in total. The van der Waals surface area contributed by atoms with E-state index in [1.807, 2.05) is 19.1 Å². The van der Waals surface area contributed by atoms with Crippen molar-refractivity contribution in [3.05, 3.63) is 18.2 Å². The van der Waals surface area contributed by atoms with Gasteiger partial charge in [-0.3, -0.25) is 0 Å². The summed E-state index contributed by atoms with van der Waals surface area (Å²) in [7, 11) is 2.16. The standard InChI is InChI=1S/C13H21N3O/c1-3-17-13-10-11(14)4-5-12(13)16-8-6-15(2)7-9-16/h4-5,10H,3,6-9,14H2,1-2H3. The summed E-state index contributed by atoms with van der Waals surface area (Å²) in [5.41, 5.74) is 7.72. The molecule has 1 fully saturated rings. The van der Waals surface area contributed by atoms with Crippen LogP contribution in [0.3, 0.4) is 0 Å². The second-order valence-corrected chi connectivity index (χ2v) is 4.45. The number of likely N-dealkylation sites (N-methyl/N-ethyl adjacent to an activating group) is 1. The molecule has 0 radical (unpaired) electrons. The van der Waals surface area contributed by atoms with Gasteiger partial charge in [0, 0.05) is 37.9 Å². The number of ether oxygens (including phenoxy) is 1. The molecule has 0 aliphatic carbocycles. The number of hydrogen-bond acceptors (Lipinski definition) is 4. The zero-order chi connectivity index (χ0) is 12.3. The van der Waals surface area contributed by atoms with Crippen LogP contribution in [0.15, 0.2) is 18.2 Å². The maximum absolute atomic E-state index is 5.80. The molecule has 0 aromatic heterocycles. The van der Waals surface area contributed by atoms with E-state index < -0.39 is 0 Å². The van der Waals surface area contributed by atoms with Gasteiger partial charge in [0.05, 0.1) is 12.3 Å². The molecule has 1 aromatic carbocycles. The lowest BCUT2D eigenvalue weighted by Gasteiger charge is -2.34. The van der Waals surface area contributed by atoms with Crippen molar-refractivity contribution in [2.24, 2.45) is 0 Å². The van der Waals surface area contributed by atoms with Gasteiger partial charge in [0.2, 0.25) is 0 Å². The van der Waals surface area contributed by atoms with Crippen LogP contribution in [-0.4, -0.2) is 44.7 Å². The summed E-state index contributed by atoms with van der Waals surface area (Å²) in [6, 6.07) is 5.92. The van der Waals surface area contributed by atoms with E-state index in [4.69, 9.17) is 10.5 Å². The molecule has 0 saturated carbocycles. The molecule has 0 unspecified atom stereocenters. The fraction of sp³-hybridized carbons (Fsp3) is 0.538. The molecule has 1 aliphatic rings. The third-order valence-corrected chi connectivity index (χ3v) is 3.13. The minimum atomic E-state index is 0.671. The molecule has 0 spiro atoms. The molecular formula is C13H21N3O. The number of benzene rings is 1. The van der Waals surface area contributed by atoms with Gasteiger partial charge in [0.15, 0.2) is 0 Å². The van der Waals surface area contributed by atoms with E-state index in [-0.39, 0.29) is 0 Å². The number of nitrogens with zero attached hydrogens (tertiary/aromatic N) is 2. The van der Waals surface area contributed by atoms with Crippen molar-refractivity contribution in [1.82, 2.24) is 4.90 Å². The van der Waals surface area contributed by atoms with Crippen LogP contribution in [0.2, 0.25) is 0 Å². The van der Waals surface area contributed by atoms with E-state index in [1.165, 1.54) is 0 Å². The lowest BCUT2D eigenvalue weighted by Crippen LogP contribution is -2.44. The molecular weight excluding hydrogens is 214 g/mol. The van der Waals surface area contributed by atoms with Crippen molar-refractivity contribution in [1.29, 1.82) is 0 Å². The van der Waals surface area contributed by atoms with E-state index in [0.29, 0.717) is 6.61 Å². The topological polar surface area (TPSA) is 41.7 Å². The van der Waals surface area contributed by atoms with E-state index >= 15 is 0 Å². The van der Waals surface area contributed by atoms with Gasteiger partial charge >= 0.3 is 0 Å². The summed E-state index contributed by atoms with van der Waals surface area (Å²) < 4.78 is 5.66. The maximum atomic E-state index is 5.80. The summed E-state index contributed by atoms with van der Waals surface area (Å²) in [6.45, 7) is 6.94. The van der Waals surface area contributed by atoms with Crippen LogP contribution in [0.1, 0.15) is 6.92 Å². The molecule has 1 saturated heterocycles. The highest BCUT2D eigenvalue weighted by atomic mass is 16.5. The second-order valence-electron chi connectivity index (χ2n) is 4.45. The molecule has 17 heavy (non-hydrogen) atoms. The van der Waals surface area contributed by atoms with Gasteiger partial charge in [0.25, 0.3) is 0 Å². The number of nitrogens with two attached hydrogens (primary N) is 1. The van der Waals surface area contributed by atoms with Gasteiger partial charge in [-0.2, -0.15) is 0 Å². The maximum Gasteiger partial charge on any atom is 0.144 e. The molecule has 0 bridgehead atoms. The lowest BCUT2D eigenvalue weighted by molar-refractivity contribution is 0.307. The third-order valence-electron chi connectivity index (χ3n) is 3.13. The van der Waals surface area contributed by atoms with Gasteiger partial charge in [0.1, 0.15) is 5.75 Å². The van der Waals surface area contributed by atoms with E-state index in [1.54, 1.807) is 0 Å². The Kier molecular flexibility index (Phi) is 3.74. The Bertz CT molecular complexity index is 373. The van der Waals surface area contributed by atoms with Crippen molar-refractivity contribution >= 4 is 11.4 Å². The Morgan fingerprint density at radius 2 is 1.94 bits per heavy atom. The average Bonchev–Trinajstić information content (AvgIpc) is 2.31. The zero-order valence-electron chi connectivity index (χ0n) is 10.6. The number of nitrogen functional groups attached to an aromatic ring is 1. The highest BCUT2D eigenvalue weighted by molar-refractivity contribution is 5.64. The summed E-state index contributed by atoms with van der Waals surface area (Å²) >= 11 is 0. The Hall–Kier alpha value is -1.42. The third kappa shape index (κ3) is 2.82. The van der Waals surface area contributed by atoms with Crippen molar-refractivity contribution in [2.45, 2.75) is 6.92 Å². The summed E-state index contributed by atoms with van der Waals surface area (Å²) in [5.74, 6) is 0.900. The van der Waals surface area contributed by atoms with Gasteiger partial charge in [-0.1, -0.05) is 0 Å². The highest BCUT2D eigenvalue weighted by Crippen LogP contribution is 2.31. The first-order valence-electron chi connectivity index (χ1n) is 6.16. The van der Waals surface area contributed by atoms with Crippen molar-refractivity contribution in [2.75, 3.05) is 50.5 Å². The van der Waals surface area contributed by atoms with Gasteiger partial charge < -0.3 is 20.3 Å². The normalized spacial score (nSPS) is 17.2. The van der Waals surface area contributed by atoms with Crippen molar-refractivity contribution < 1.29 is 4.74 Å². The smallest absolute Gasteiger partial charge is 0.144 e. The van der Waals surface area contributed by atoms with E-state index in [9.17, 15) is 0 Å². The van der Waals surface area contributed by atoms with Crippen LogP contribution >= 0.6 is 0 Å². The summed E-state index contributed by atoms with van der Waals surface area (Å²) in [5, 5.41) is 0. The lowest BCUT2D eigenvalue weighted by atomic mass is 10.2. The van der Waals surface area contributed by atoms with E-state index in [2.05, 4.69) is 22.9 Å². The predicted molar refractivity (Wildman–Crippen MR) is 71.7 cm³/mol. The predicted octanol–water partition coefficient (Wildman–Crippen LogP) is 1.42. The first-order valence-corrected chi connectivity index (χ1v) is 6.16. The quantitative estimate of drug-likeness (QED) is 0.805. The van der Waals surface area contributed by atoms with Crippen LogP contribution in [0.25, 0.3) is 0 Å². The van der Waals surface area contributed by atoms with E-state index in [0.717, 1.165) is 43.3 Å². The van der Waals surface area contributed by atoms with Gasteiger partial charge in [-0.05, 0) is 26.1 Å². The molecule has 1 aliphatic heterocycles. The van der Waals surface area contributed by atoms with Crippen molar-refractivity contribution in [3.8, 4) is 5.75 Å². The second kappa shape index (κ2) is 5.27. The Balaban J connectivity index is 2.18. The van der Waals surface area contributed by atoms with Crippen LogP contribution in [0, 0.1) is 0 Å². The number of piperazine rings is 1.